The molecule has 2 rings (SSSR count). The van der Waals surface area contributed by atoms with Crippen LogP contribution in [0.1, 0.15) is 16.7 Å². The van der Waals surface area contributed by atoms with Gasteiger partial charge in [-0.2, -0.15) is 43.9 Å². The molecule has 0 aromatic heterocycles. The Balaban J connectivity index is 2.42. The summed E-state index contributed by atoms with van der Waals surface area (Å²) in [6, 6.07) is 8.65. The normalized spacial score (nSPS) is 14.4. The number of hydrogen-bond donors (Lipinski definition) is 1. The minimum atomic E-state index is -6.06. The second kappa shape index (κ2) is 8.80. The molecule has 2 aromatic carbocycles. The molecule has 0 fully saturated rings. The molecule has 32 heavy (non-hydrogen) atoms. The number of aliphatic hydroxyl groups is 1. The Labute approximate surface area is 176 Å². The maximum Gasteiger partial charge on any atom is 0.458 e. The molecule has 0 amide bonds. The molecule has 0 heterocycles. The van der Waals surface area contributed by atoms with Gasteiger partial charge in [-0.1, -0.05) is 30.3 Å². The first-order valence-corrected chi connectivity index (χ1v) is 8.95. The Kier molecular flexibility index (Phi) is 7.08. The van der Waals surface area contributed by atoms with Crippen molar-refractivity contribution < 1.29 is 49.0 Å². The molecule has 1 N–H and O–H groups in total. The highest BCUT2D eigenvalue weighted by atomic mass is 19.4. The maximum absolute atomic E-state index is 13.7. The molecule has 12 heteroatoms. The summed E-state index contributed by atoms with van der Waals surface area (Å²) in [5.74, 6) is -10.7. The van der Waals surface area contributed by atoms with Gasteiger partial charge in [-0.3, -0.25) is 0 Å². The summed E-state index contributed by atoms with van der Waals surface area (Å²) in [6.07, 6.45) is -15.2. The number of rotatable bonds is 7. The van der Waals surface area contributed by atoms with Crippen molar-refractivity contribution in [2.75, 3.05) is 11.4 Å². The lowest BCUT2D eigenvalue weighted by atomic mass is 10.0. The summed E-state index contributed by atoms with van der Waals surface area (Å²) in [5, 5.41) is 9.60. The van der Waals surface area contributed by atoms with Gasteiger partial charge in [0, 0.05) is 17.8 Å². The highest BCUT2D eigenvalue weighted by Gasteiger charge is 2.62. The van der Waals surface area contributed by atoms with Gasteiger partial charge in [0.05, 0.1) is 6.54 Å². The minimum absolute atomic E-state index is 0.0509. The number of halogens is 10. The van der Waals surface area contributed by atoms with Crippen molar-refractivity contribution in [2.24, 2.45) is 0 Å². The average molecular weight is 477 g/mol. The summed E-state index contributed by atoms with van der Waals surface area (Å²) in [5.41, 5.74) is -1.04. The third kappa shape index (κ3) is 5.45. The van der Waals surface area contributed by atoms with E-state index in [1.807, 2.05) is 0 Å². The van der Waals surface area contributed by atoms with Crippen LogP contribution >= 0.6 is 0 Å². The van der Waals surface area contributed by atoms with Crippen molar-refractivity contribution in [2.45, 2.75) is 43.8 Å². The van der Waals surface area contributed by atoms with E-state index in [2.05, 4.69) is 0 Å². The van der Waals surface area contributed by atoms with Gasteiger partial charge in [0.1, 0.15) is 6.10 Å². The van der Waals surface area contributed by atoms with E-state index in [1.165, 1.54) is 18.2 Å². The quantitative estimate of drug-likeness (QED) is 0.479. The molecule has 0 radical (unpaired) electrons. The van der Waals surface area contributed by atoms with Gasteiger partial charge in [0.15, 0.2) is 0 Å². The van der Waals surface area contributed by atoms with Crippen molar-refractivity contribution in [1.82, 2.24) is 0 Å². The largest absolute Gasteiger partial charge is 0.458 e. The van der Waals surface area contributed by atoms with Crippen LogP contribution in [-0.4, -0.2) is 36.0 Å². The standard InChI is InChI=1S/C20H17F10NO/c1-12-4-2-7-15(8-12)31(11-16(32)18(23,24)20(28,29)30)10-13-5-3-6-14(9-13)17(21,22)19(25,26)27/h2-9,16,32H,10-11H2,1H3. The summed E-state index contributed by atoms with van der Waals surface area (Å²) >= 11 is 0. The van der Waals surface area contributed by atoms with Crippen molar-refractivity contribution in [1.29, 1.82) is 0 Å². The van der Waals surface area contributed by atoms with E-state index in [9.17, 15) is 49.0 Å². The zero-order valence-corrected chi connectivity index (χ0v) is 16.3. The fourth-order valence-electron chi connectivity index (χ4n) is 2.85. The van der Waals surface area contributed by atoms with Gasteiger partial charge < -0.3 is 10.0 Å². The van der Waals surface area contributed by atoms with E-state index in [0.29, 0.717) is 17.7 Å². The predicted molar refractivity (Wildman–Crippen MR) is 95.6 cm³/mol. The van der Waals surface area contributed by atoms with Crippen LogP contribution < -0.4 is 4.90 Å². The Morgan fingerprint density at radius 1 is 0.812 bits per heavy atom. The molecule has 1 atom stereocenters. The van der Waals surface area contributed by atoms with Gasteiger partial charge in [-0.25, -0.2) is 0 Å². The molecule has 0 spiro atoms. The van der Waals surface area contributed by atoms with E-state index < -0.39 is 49.0 Å². The van der Waals surface area contributed by atoms with Gasteiger partial charge in [0.2, 0.25) is 0 Å². The molecule has 2 aromatic rings. The first kappa shape index (κ1) is 25.8. The zero-order valence-electron chi connectivity index (χ0n) is 16.3. The lowest BCUT2D eigenvalue weighted by Crippen LogP contribution is -2.52. The molecular formula is C20H17F10NO. The van der Waals surface area contributed by atoms with Crippen LogP contribution in [0.15, 0.2) is 48.5 Å². The Morgan fingerprint density at radius 2 is 1.41 bits per heavy atom. The molecule has 0 aliphatic rings. The van der Waals surface area contributed by atoms with E-state index >= 15 is 0 Å². The van der Waals surface area contributed by atoms with E-state index in [-0.39, 0.29) is 11.3 Å². The number of alkyl halides is 10. The van der Waals surface area contributed by atoms with E-state index in [0.717, 1.165) is 17.0 Å². The first-order valence-electron chi connectivity index (χ1n) is 8.95. The SMILES string of the molecule is Cc1cccc(N(Cc2cccc(C(F)(F)C(F)(F)F)c2)CC(O)C(F)(F)C(F)(F)F)c1. The average Bonchev–Trinajstić information content (AvgIpc) is 2.65. The number of nitrogens with zero attached hydrogens (tertiary/aromatic N) is 1. The highest BCUT2D eigenvalue weighted by molar-refractivity contribution is 5.49. The fourth-order valence-corrected chi connectivity index (χ4v) is 2.85. The predicted octanol–water partition coefficient (Wildman–Crippen LogP) is 6.21. The number of hydrogen-bond acceptors (Lipinski definition) is 2. The third-order valence-corrected chi connectivity index (χ3v) is 4.58. The van der Waals surface area contributed by atoms with Crippen LogP contribution in [0.4, 0.5) is 49.6 Å². The highest BCUT2D eigenvalue weighted by Crippen LogP contribution is 2.44. The van der Waals surface area contributed by atoms with Crippen LogP contribution in [0.3, 0.4) is 0 Å². The molecule has 0 saturated carbocycles. The van der Waals surface area contributed by atoms with Crippen LogP contribution in [-0.2, 0) is 12.5 Å². The molecule has 0 aliphatic heterocycles. The second-order valence-electron chi connectivity index (χ2n) is 7.13. The Hall–Kier alpha value is -2.50. The minimum Gasteiger partial charge on any atom is -0.385 e. The van der Waals surface area contributed by atoms with Crippen LogP contribution in [0.25, 0.3) is 0 Å². The van der Waals surface area contributed by atoms with E-state index in [4.69, 9.17) is 0 Å². The van der Waals surface area contributed by atoms with Crippen LogP contribution in [0.2, 0.25) is 0 Å². The third-order valence-electron chi connectivity index (χ3n) is 4.58. The lowest BCUT2D eigenvalue weighted by Gasteiger charge is -2.32. The van der Waals surface area contributed by atoms with Gasteiger partial charge in [-0.05, 0) is 36.2 Å². The van der Waals surface area contributed by atoms with Crippen molar-refractivity contribution >= 4 is 5.69 Å². The summed E-state index contributed by atoms with van der Waals surface area (Å²) in [4.78, 5) is 0.835. The van der Waals surface area contributed by atoms with Crippen LogP contribution in [0, 0.1) is 6.92 Å². The molecule has 0 aliphatic carbocycles. The molecule has 1 unspecified atom stereocenters. The number of aryl methyl sites for hydroxylation is 1. The number of aliphatic hydroxyl groups excluding tert-OH is 1. The number of anilines is 1. The molecule has 0 saturated heterocycles. The van der Waals surface area contributed by atoms with Gasteiger partial charge >= 0.3 is 24.2 Å². The Bertz CT molecular complexity index is 923. The fraction of sp³-hybridized carbons (Fsp3) is 0.400. The van der Waals surface area contributed by atoms with E-state index in [1.54, 1.807) is 13.0 Å². The van der Waals surface area contributed by atoms with Crippen LogP contribution in [0.5, 0.6) is 0 Å². The van der Waals surface area contributed by atoms with Crippen molar-refractivity contribution in [3.8, 4) is 0 Å². The summed E-state index contributed by atoms with van der Waals surface area (Å²) < 4.78 is 130. The lowest BCUT2D eigenvalue weighted by molar-refractivity contribution is -0.311. The molecule has 178 valence electrons. The smallest absolute Gasteiger partial charge is 0.385 e. The maximum atomic E-state index is 13.7. The molecule has 2 nitrogen and oxygen atoms in total. The van der Waals surface area contributed by atoms with Crippen molar-refractivity contribution in [3.05, 3.63) is 65.2 Å². The zero-order chi connectivity index (χ0) is 24.5. The van der Waals surface area contributed by atoms with Gasteiger partial charge in [0.25, 0.3) is 0 Å². The first-order chi connectivity index (χ1) is 14.5. The monoisotopic (exact) mass is 477 g/mol. The Morgan fingerprint density at radius 3 is 1.94 bits per heavy atom. The topological polar surface area (TPSA) is 23.5 Å². The molecular weight excluding hydrogens is 460 g/mol. The number of benzene rings is 2. The summed E-state index contributed by atoms with van der Waals surface area (Å²) in [6.45, 7) is -0.334. The second-order valence-corrected chi connectivity index (χ2v) is 7.13. The molecule has 0 bridgehead atoms. The van der Waals surface area contributed by atoms with Gasteiger partial charge in [-0.15, -0.1) is 0 Å². The van der Waals surface area contributed by atoms with Crippen molar-refractivity contribution in [3.63, 3.8) is 0 Å². The summed E-state index contributed by atoms with van der Waals surface area (Å²) in [7, 11) is 0.